The monoisotopic (exact) mass is 428 g/mol. The van der Waals surface area contributed by atoms with Gasteiger partial charge < -0.3 is 31.9 Å². The molecule has 0 radical (unpaired) electrons. The molecule has 2 amide bonds. The zero-order chi connectivity index (χ0) is 22.1. The van der Waals surface area contributed by atoms with Crippen LogP contribution in [0.3, 0.4) is 0 Å². The molecule has 0 spiro atoms. The number of carbonyl (C=O) groups excluding carboxylic acids is 2. The van der Waals surface area contributed by atoms with E-state index < -0.39 is 0 Å². The van der Waals surface area contributed by atoms with Gasteiger partial charge in [0.05, 0.1) is 0 Å². The number of nitrogens with one attached hydrogen (secondary N) is 6. The molecule has 30 heavy (non-hydrogen) atoms. The van der Waals surface area contributed by atoms with Crippen molar-refractivity contribution in [1.82, 2.24) is 31.9 Å². The summed E-state index contributed by atoms with van der Waals surface area (Å²) in [4.78, 5) is 22.2. The van der Waals surface area contributed by atoms with Gasteiger partial charge in [0.15, 0.2) is 0 Å². The highest BCUT2D eigenvalue weighted by Gasteiger charge is 1.96. The van der Waals surface area contributed by atoms with E-state index in [1.54, 1.807) is 0 Å². The van der Waals surface area contributed by atoms with Crippen LogP contribution in [0.15, 0.2) is 0 Å². The molecule has 0 heterocycles. The van der Waals surface area contributed by atoms with Crippen LogP contribution in [0.1, 0.15) is 65.2 Å². The van der Waals surface area contributed by atoms with E-state index in [9.17, 15) is 9.59 Å². The first-order valence-electron chi connectivity index (χ1n) is 12.1. The number of amides is 2. The Morgan fingerprint density at radius 1 is 0.433 bits per heavy atom. The molecule has 0 rings (SSSR count). The average molecular weight is 429 g/mol. The average Bonchev–Trinajstić information content (AvgIpc) is 2.76. The SMILES string of the molecule is CCC(=O)NCCCNCCCNCCCCNCCCNCCCNC(=O)CC. The second-order valence-corrected chi connectivity index (χ2v) is 7.53. The van der Waals surface area contributed by atoms with Gasteiger partial charge in [-0.2, -0.15) is 0 Å². The molecule has 0 bridgehead atoms. The molecule has 0 aromatic carbocycles. The summed E-state index contributed by atoms with van der Waals surface area (Å²) in [5.74, 6) is 0.265. The highest BCUT2D eigenvalue weighted by Crippen LogP contribution is 1.86. The van der Waals surface area contributed by atoms with E-state index in [0.29, 0.717) is 12.8 Å². The van der Waals surface area contributed by atoms with E-state index in [2.05, 4.69) is 31.9 Å². The highest BCUT2D eigenvalue weighted by molar-refractivity contribution is 5.75. The Morgan fingerprint density at radius 3 is 1.00 bits per heavy atom. The van der Waals surface area contributed by atoms with Gasteiger partial charge in [-0.15, -0.1) is 0 Å². The minimum Gasteiger partial charge on any atom is -0.356 e. The van der Waals surface area contributed by atoms with Gasteiger partial charge in [0.1, 0.15) is 0 Å². The Balaban J connectivity index is 3.05. The van der Waals surface area contributed by atoms with Gasteiger partial charge in [-0.3, -0.25) is 9.59 Å². The molecule has 8 heteroatoms. The Labute approximate surface area is 184 Å². The van der Waals surface area contributed by atoms with Gasteiger partial charge in [-0.25, -0.2) is 0 Å². The van der Waals surface area contributed by atoms with Gasteiger partial charge in [0, 0.05) is 25.9 Å². The van der Waals surface area contributed by atoms with Gasteiger partial charge in [-0.05, 0) is 90.9 Å². The van der Waals surface area contributed by atoms with Crippen molar-refractivity contribution in [3.8, 4) is 0 Å². The molecule has 0 atom stereocenters. The molecule has 178 valence electrons. The Kier molecular flexibility index (Phi) is 23.1. The minimum absolute atomic E-state index is 0.133. The second-order valence-electron chi connectivity index (χ2n) is 7.53. The topological polar surface area (TPSA) is 106 Å². The predicted molar refractivity (Wildman–Crippen MR) is 126 cm³/mol. The summed E-state index contributed by atoms with van der Waals surface area (Å²) in [6.45, 7) is 13.5. The van der Waals surface area contributed by atoms with Crippen LogP contribution in [0.2, 0.25) is 0 Å². The summed E-state index contributed by atoms with van der Waals surface area (Å²) in [6.07, 6.45) is 7.79. The fourth-order valence-corrected chi connectivity index (χ4v) is 2.81. The molecule has 0 saturated heterocycles. The summed E-state index contributed by atoms with van der Waals surface area (Å²) >= 11 is 0. The van der Waals surface area contributed by atoms with Crippen LogP contribution in [-0.4, -0.2) is 77.3 Å². The van der Waals surface area contributed by atoms with Crippen molar-refractivity contribution in [3.63, 3.8) is 0 Å². The maximum atomic E-state index is 11.1. The van der Waals surface area contributed by atoms with E-state index in [1.807, 2.05) is 13.8 Å². The number of rotatable bonds is 23. The summed E-state index contributed by atoms with van der Waals surface area (Å²) in [6, 6.07) is 0. The van der Waals surface area contributed by atoms with E-state index >= 15 is 0 Å². The first kappa shape index (κ1) is 28.8. The van der Waals surface area contributed by atoms with Gasteiger partial charge >= 0.3 is 0 Å². The van der Waals surface area contributed by atoms with Crippen LogP contribution >= 0.6 is 0 Å². The molecule has 0 fully saturated rings. The van der Waals surface area contributed by atoms with Crippen molar-refractivity contribution in [1.29, 1.82) is 0 Å². The van der Waals surface area contributed by atoms with Gasteiger partial charge in [0.25, 0.3) is 0 Å². The Hall–Kier alpha value is -1.22. The molecule has 0 unspecified atom stereocenters. The third-order valence-corrected chi connectivity index (χ3v) is 4.72. The van der Waals surface area contributed by atoms with Crippen molar-refractivity contribution in [2.75, 3.05) is 65.4 Å². The standard InChI is InChI=1S/C22H48N6O2/c1-3-21(29)27-19-9-17-25-15-7-13-23-11-5-6-12-24-14-8-16-26-18-10-20-28-22(30)4-2/h23-26H,3-20H2,1-2H3,(H,27,29)(H,28,30). The molecular formula is C22H48N6O2. The van der Waals surface area contributed by atoms with Gasteiger partial charge in [-0.1, -0.05) is 13.8 Å². The van der Waals surface area contributed by atoms with Crippen LogP contribution in [0, 0.1) is 0 Å². The zero-order valence-electron chi connectivity index (χ0n) is 19.5. The van der Waals surface area contributed by atoms with Crippen LogP contribution in [-0.2, 0) is 9.59 Å². The summed E-state index contributed by atoms with van der Waals surface area (Å²) < 4.78 is 0. The maximum absolute atomic E-state index is 11.1. The van der Waals surface area contributed by atoms with E-state index in [1.165, 1.54) is 12.8 Å². The van der Waals surface area contributed by atoms with Crippen LogP contribution < -0.4 is 31.9 Å². The molecule has 0 aliphatic carbocycles. The number of hydrogen-bond acceptors (Lipinski definition) is 6. The van der Waals surface area contributed by atoms with Crippen molar-refractivity contribution < 1.29 is 9.59 Å². The lowest BCUT2D eigenvalue weighted by Gasteiger charge is -2.08. The summed E-state index contributed by atoms with van der Waals surface area (Å²) in [5, 5.41) is 19.6. The first-order chi connectivity index (χ1) is 14.7. The molecule has 0 aromatic heterocycles. The first-order valence-corrected chi connectivity index (χ1v) is 12.1. The third-order valence-electron chi connectivity index (χ3n) is 4.72. The number of unbranched alkanes of at least 4 members (excludes halogenated alkanes) is 1. The molecule has 0 aliphatic heterocycles. The lowest BCUT2D eigenvalue weighted by atomic mass is 10.3. The smallest absolute Gasteiger partial charge is 0.219 e. The van der Waals surface area contributed by atoms with E-state index in [-0.39, 0.29) is 11.8 Å². The minimum atomic E-state index is 0.133. The summed E-state index contributed by atoms with van der Waals surface area (Å²) in [7, 11) is 0. The van der Waals surface area contributed by atoms with Gasteiger partial charge in [0.2, 0.25) is 11.8 Å². The summed E-state index contributed by atoms with van der Waals surface area (Å²) in [5.41, 5.74) is 0. The quantitative estimate of drug-likeness (QED) is 0.134. The van der Waals surface area contributed by atoms with E-state index in [0.717, 1.165) is 91.1 Å². The zero-order valence-corrected chi connectivity index (χ0v) is 19.5. The largest absolute Gasteiger partial charge is 0.356 e. The van der Waals surface area contributed by atoms with Crippen molar-refractivity contribution in [2.45, 2.75) is 65.2 Å². The van der Waals surface area contributed by atoms with Crippen molar-refractivity contribution in [3.05, 3.63) is 0 Å². The molecule has 0 aliphatic rings. The number of hydrogen-bond donors (Lipinski definition) is 6. The molecule has 0 aromatic rings. The molecule has 0 saturated carbocycles. The van der Waals surface area contributed by atoms with Crippen LogP contribution in [0.25, 0.3) is 0 Å². The van der Waals surface area contributed by atoms with E-state index in [4.69, 9.17) is 0 Å². The Morgan fingerprint density at radius 2 is 0.700 bits per heavy atom. The fraction of sp³-hybridized carbons (Fsp3) is 0.909. The van der Waals surface area contributed by atoms with Crippen LogP contribution in [0.4, 0.5) is 0 Å². The predicted octanol–water partition coefficient (Wildman–Crippen LogP) is 0.738. The molecular weight excluding hydrogens is 380 g/mol. The maximum Gasteiger partial charge on any atom is 0.219 e. The van der Waals surface area contributed by atoms with Crippen molar-refractivity contribution in [2.24, 2.45) is 0 Å². The molecule has 8 nitrogen and oxygen atoms in total. The van der Waals surface area contributed by atoms with Crippen molar-refractivity contribution >= 4 is 11.8 Å². The molecule has 6 N–H and O–H groups in total. The lowest BCUT2D eigenvalue weighted by molar-refractivity contribution is -0.121. The second kappa shape index (κ2) is 24.1. The third kappa shape index (κ3) is 23.1. The van der Waals surface area contributed by atoms with Crippen LogP contribution in [0.5, 0.6) is 0 Å². The number of carbonyl (C=O) groups is 2. The highest BCUT2D eigenvalue weighted by atomic mass is 16.2. The lowest BCUT2D eigenvalue weighted by Crippen LogP contribution is -2.28. The normalized spacial score (nSPS) is 10.9. The fourth-order valence-electron chi connectivity index (χ4n) is 2.81. The Bertz CT molecular complexity index is 360.